The molecule has 0 aliphatic carbocycles. The van der Waals surface area contributed by atoms with Gasteiger partial charge in [0.05, 0.1) is 27.5 Å². The molecule has 3 N–H and O–H groups in total. The zero-order valence-corrected chi connectivity index (χ0v) is 12.3. The van der Waals surface area contributed by atoms with E-state index >= 15 is 0 Å². The molecule has 0 spiro atoms. The van der Waals surface area contributed by atoms with Crippen LogP contribution in [0.2, 0.25) is 10.0 Å². The highest BCUT2D eigenvalue weighted by Crippen LogP contribution is 2.30. The van der Waals surface area contributed by atoms with Gasteiger partial charge in [-0.05, 0) is 38.8 Å². The largest absolute Gasteiger partial charge is 0.397 e. The quantitative estimate of drug-likeness (QED) is 0.585. The molecule has 0 aromatic heterocycles. The molecule has 1 aromatic carbocycles. The third-order valence-electron chi connectivity index (χ3n) is 2.43. The lowest BCUT2D eigenvalue weighted by Gasteiger charge is -2.11. The molecular weight excluding hydrogens is 271 g/mol. The number of rotatable bonds is 7. The predicted octanol–water partition coefficient (Wildman–Crippen LogP) is 4.19. The van der Waals surface area contributed by atoms with Gasteiger partial charge in [0.25, 0.3) is 0 Å². The second-order valence-electron chi connectivity index (χ2n) is 4.41. The Morgan fingerprint density at radius 3 is 2.56 bits per heavy atom. The molecular formula is C13H20Cl2N2O. The predicted molar refractivity (Wildman–Crippen MR) is 79.7 cm³/mol. The molecule has 5 heteroatoms. The van der Waals surface area contributed by atoms with Crippen molar-refractivity contribution in [2.45, 2.75) is 32.8 Å². The first-order valence-electron chi connectivity index (χ1n) is 6.10. The summed E-state index contributed by atoms with van der Waals surface area (Å²) in [5.41, 5.74) is 7.28. The number of anilines is 2. The number of benzene rings is 1. The van der Waals surface area contributed by atoms with Crippen molar-refractivity contribution in [3.05, 3.63) is 22.2 Å². The van der Waals surface area contributed by atoms with Crippen molar-refractivity contribution in [2.24, 2.45) is 0 Å². The summed E-state index contributed by atoms with van der Waals surface area (Å²) in [6, 6.07) is 3.41. The molecule has 3 nitrogen and oxygen atoms in total. The normalized spacial score (nSPS) is 10.9. The maximum absolute atomic E-state index is 5.94. The Balaban J connectivity index is 2.29. The van der Waals surface area contributed by atoms with Gasteiger partial charge in [0.15, 0.2) is 0 Å². The van der Waals surface area contributed by atoms with Gasteiger partial charge < -0.3 is 15.8 Å². The van der Waals surface area contributed by atoms with Gasteiger partial charge in [0, 0.05) is 13.2 Å². The van der Waals surface area contributed by atoms with Crippen LogP contribution in [0.25, 0.3) is 0 Å². The molecule has 0 amide bonds. The number of nitrogens with one attached hydrogen (secondary N) is 1. The van der Waals surface area contributed by atoms with Crippen molar-refractivity contribution >= 4 is 34.6 Å². The smallest absolute Gasteiger partial charge is 0.0614 e. The Morgan fingerprint density at radius 2 is 1.89 bits per heavy atom. The first-order chi connectivity index (χ1) is 8.50. The molecule has 1 rings (SSSR count). The Labute approximate surface area is 119 Å². The van der Waals surface area contributed by atoms with Gasteiger partial charge in [0.1, 0.15) is 0 Å². The minimum Gasteiger partial charge on any atom is -0.397 e. The van der Waals surface area contributed by atoms with E-state index in [1.54, 1.807) is 12.1 Å². The van der Waals surface area contributed by atoms with Gasteiger partial charge in [-0.2, -0.15) is 0 Å². The van der Waals surface area contributed by atoms with Crippen LogP contribution in [-0.2, 0) is 4.74 Å². The Kier molecular flexibility index (Phi) is 6.61. The zero-order chi connectivity index (χ0) is 13.5. The molecule has 0 fully saturated rings. The number of ether oxygens (including phenoxy) is 1. The molecule has 0 bridgehead atoms. The molecule has 0 aliphatic heterocycles. The number of unbranched alkanes of at least 4 members (excludes halogenated alkanes) is 1. The van der Waals surface area contributed by atoms with Crippen LogP contribution in [0.15, 0.2) is 12.1 Å². The van der Waals surface area contributed by atoms with E-state index in [0.717, 1.165) is 31.7 Å². The second-order valence-corrected chi connectivity index (χ2v) is 5.22. The van der Waals surface area contributed by atoms with Gasteiger partial charge >= 0.3 is 0 Å². The average molecular weight is 291 g/mol. The summed E-state index contributed by atoms with van der Waals surface area (Å²) >= 11 is 11.8. The van der Waals surface area contributed by atoms with Crippen LogP contribution in [0.3, 0.4) is 0 Å². The molecule has 0 radical (unpaired) electrons. The molecule has 102 valence electrons. The fraction of sp³-hybridized carbons (Fsp3) is 0.538. The van der Waals surface area contributed by atoms with Crippen LogP contribution in [0.5, 0.6) is 0 Å². The lowest BCUT2D eigenvalue weighted by atomic mass is 10.2. The topological polar surface area (TPSA) is 47.3 Å². The van der Waals surface area contributed by atoms with Crippen LogP contribution >= 0.6 is 23.2 Å². The lowest BCUT2D eigenvalue weighted by Crippen LogP contribution is -2.08. The maximum atomic E-state index is 5.94. The van der Waals surface area contributed by atoms with Crippen molar-refractivity contribution < 1.29 is 4.74 Å². The van der Waals surface area contributed by atoms with E-state index in [4.69, 9.17) is 33.7 Å². The highest BCUT2D eigenvalue weighted by molar-refractivity contribution is 6.42. The van der Waals surface area contributed by atoms with Crippen molar-refractivity contribution in [2.75, 3.05) is 24.2 Å². The lowest BCUT2D eigenvalue weighted by molar-refractivity contribution is 0.0765. The fourth-order valence-electron chi connectivity index (χ4n) is 1.48. The van der Waals surface area contributed by atoms with Crippen LogP contribution in [-0.4, -0.2) is 19.3 Å². The number of nitrogen functional groups attached to an aromatic ring is 1. The van der Waals surface area contributed by atoms with Crippen LogP contribution in [0, 0.1) is 0 Å². The van der Waals surface area contributed by atoms with Crippen LogP contribution < -0.4 is 11.1 Å². The summed E-state index contributed by atoms with van der Waals surface area (Å²) in [6.07, 6.45) is 2.34. The van der Waals surface area contributed by atoms with Crippen molar-refractivity contribution in [1.29, 1.82) is 0 Å². The summed E-state index contributed by atoms with van der Waals surface area (Å²) in [6.45, 7) is 5.70. The average Bonchev–Trinajstić information content (AvgIpc) is 2.29. The van der Waals surface area contributed by atoms with Crippen molar-refractivity contribution in [1.82, 2.24) is 0 Å². The summed E-state index contributed by atoms with van der Waals surface area (Å²) < 4.78 is 5.46. The maximum Gasteiger partial charge on any atom is 0.0614 e. The third-order valence-corrected chi connectivity index (χ3v) is 3.15. The molecule has 0 saturated carbocycles. The van der Waals surface area contributed by atoms with Gasteiger partial charge in [-0.3, -0.25) is 0 Å². The standard InChI is InChI=1S/C13H20Cl2N2O/c1-9(2)18-6-4-3-5-17-13-8-11(15)10(14)7-12(13)16/h7-9,17H,3-6,16H2,1-2H3. The highest BCUT2D eigenvalue weighted by Gasteiger charge is 2.04. The Hall–Kier alpha value is -0.640. The fourth-order valence-corrected chi connectivity index (χ4v) is 1.82. The Morgan fingerprint density at radius 1 is 1.22 bits per heavy atom. The van der Waals surface area contributed by atoms with E-state index < -0.39 is 0 Å². The number of hydrogen-bond acceptors (Lipinski definition) is 3. The third kappa shape index (κ3) is 5.34. The summed E-state index contributed by atoms with van der Waals surface area (Å²) in [4.78, 5) is 0. The first kappa shape index (κ1) is 15.4. The van der Waals surface area contributed by atoms with Gasteiger partial charge in [0.2, 0.25) is 0 Å². The van der Waals surface area contributed by atoms with Crippen molar-refractivity contribution in [3.63, 3.8) is 0 Å². The van der Waals surface area contributed by atoms with Gasteiger partial charge in [-0.25, -0.2) is 0 Å². The molecule has 0 aliphatic rings. The van der Waals surface area contributed by atoms with E-state index in [-0.39, 0.29) is 0 Å². The van der Waals surface area contributed by atoms with E-state index in [0.29, 0.717) is 21.8 Å². The summed E-state index contributed by atoms with van der Waals surface area (Å²) in [7, 11) is 0. The van der Waals surface area contributed by atoms with E-state index in [9.17, 15) is 0 Å². The molecule has 0 heterocycles. The molecule has 0 saturated heterocycles. The van der Waals surface area contributed by atoms with Crippen molar-refractivity contribution in [3.8, 4) is 0 Å². The van der Waals surface area contributed by atoms with E-state index in [2.05, 4.69) is 5.32 Å². The number of hydrogen-bond donors (Lipinski definition) is 2. The van der Waals surface area contributed by atoms with E-state index in [1.165, 1.54) is 0 Å². The minimum absolute atomic E-state index is 0.295. The van der Waals surface area contributed by atoms with Gasteiger partial charge in [-0.15, -0.1) is 0 Å². The summed E-state index contributed by atoms with van der Waals surface area (Å²) in [5, 5.41) is 4.23. The minimum atomic E-state index is 0.295. The zero-order valence-electron chi connectivity index (χ0n) is 10.8. The SMILES string of the molecule is CC(C)OCCCCNc1cc(Cl)c(Cl)cc1N. The van der Waals surface area contributed by atoms with Crippen LogP contribution in [0.1, 0.15) is 26.7 Å². The highest BCUT2D eigenvalue weighted by atomic mass is 35.5. The number of nitrogens with two attached hydrogens (primary N) is 1. The van der Waals surface area contributed by atoms with E-state index in [1.807, 2.05) is 13.8 Å². The molecule has 1 aromatic rings. The molecule has 18 heavy (non-hydrogen) atoms. The second kappa shape index (κ2) is 7.72. The Bertz CT molecular complexity index is 383. The van der Waals surface area contributed by atoms with Crippen LogP contribution in [0.4, 0.5) is 11.4 Å². The monoisotopic (exact) mass is 290 g/mol. The molecule has 0 atom stereocenters. The first-order valence-corrected chi connectivity index (χ1v) is 6.86. The molecule has 0 unspecified atom stereocenters. The van der Waals surface area contributed by atoms with Gasteiger partial charge in [-0.1, -0.05) is 23.2 Å². The summed E-state index contributed by atoms with van der Waals surface area (Å²) in [5.74, 6) is 0. The number of halogens is 2.